The molecule has 0 saturated carbocycles. The molecular weight excluding hydrogens is 332 g/mol. The minimum atomic E-state index is -0.237. The zero-order chi connectivity index (χ0) is 15.6. The van der Waals surface area contributed by atoms with Crippen molar-refractivity contribution in [2.75, 3.05) is 11.1 Å². The summed E-state index contributed by atoms with van der Waals surface area (Å²) in [7, 11) is 1.73. The van der Waals surface area contributed by atoms with Gasteiger partial charge in [-0.2, -0.15) is 5.10 Å². The lowest BCUT2D eigenvalue weighted by atomic mass is 10.1. The standard InChI is InChI=1S/C15H19BrN4O/c1-4-9-8-10(16)6-7-12(9)18-15(21)14-13(17)11(5-2)19-20(14)3/h6-8H,4-5,17H2,1-3H3,(H,18,21). The van der Waals surface area contributed by atoms with E-state index in [0.717, 1.165) is 27.8 Å². The molecule has 0 atom stereocenters. The van der Waals surface area contributed by atoms with E-state index in [0.29, 0.717) is 17.8 Å². The Morgan fingerprint density at radius 2 is 2.10 bits per heavy atom. The molecule has 0 unspecified atom stereocenters. The van der Waals surface area contributed by atoms with Crippen molar-refractivity contribution in [1.29, 1.82) is 0 Å². The minimum absolute atomic E-state index is 0.237. The lowest BCUT2D eigenvalue weighted by Gasteiger charge is -2.11. The van der Waals surface area contributed by atoms with E-state index >= 15 is 0 Å². The largest absolute Gasteiger partial charge is 0.395 e. The molecule has 6 heteroatoms. The monoisotopic (exact) mass is 350 g/mol. The van der Waals surface area contributed by atoms with Gasteiger partial charge < -0.3 is 11.1 Å². The Bertz CT molecular complexity index is 679. The smallest absolute Gasteiger partial charge is 0.276 e. The molecule has 0 aliphatic carbocycles. The second-order valence-electron chi connectivity index (χ2n) is 4.80. The van der Waals surface area contributed by atoms with Crippen LogP contribution in [0, 0.1) is 0 Å². The number of anilines is 2. The minimum Gasteiger partial charge on any atom is -0.395 e. The van der Waals surface area contributed by atoms with Crippen LogP contribution in [0.1, 0.15) is 35.6 Å². The molecule has 0 fully saturated rings. The van der Waals surface area contributed by atoms with Crippen LogP contribution in [0.25, 0.3) is 0 Å². The molecule has 2 rings (SSSR count). The summed E-state index contributed by atoms with van der Waals surface area (Å²) in [6, 6.07) is 5.78. The molecular formula is C15H19BrN4O. The van der Waals surface area contributed by atoms with Crippen LogP contribution in [0.2, 0.25) is 0 Å². The highest BCUT2D eigenvalue weighted by atomic mass is 79.9. The molecule has 2 aromatic rings. The van der Waals surface area contributed by atoms with E-state index in [-0.39, 0.29) is 5.91 Å². The molecule has 1 amide bonds. The van der Waals surface area contributed by atoms with Crippen LogP contribution in [0.4, 0.5) is 11.4 Å². The van der Waals surface area contributed by atoms with Crippen molar-refractivity contribution in [3.63, 3.8) is 0 Å². The fraction of sp³-hybridized carbons (Fsp3) is 0.333. The molecule has 0 saturated heterocycles. The zero-order valence-corrected chi connectivity index (χ0v) is 14.0. The van der Waals surface area contributed by atoms with Crippen molar-refractivity contribution >= 4 is 33.2 Å². The van der Waals surface area contributed by atoms with E-state index in [9.17, 15) is 4.79 Å². The van der Waals surface area contributed by atoms with Gasteiger partial charge in [0.15, 0.2) is 0 Å². The average molecular weight is 351 g/mol. The third kappa shape index (κ3) is 3.10. The van der Waals surface area contributed by atoms with Gasteiger partial charge in [-0.3, -0.25) is 9.48 Å². The number of carbonyl (C=O) groups is 1. The number of aryl methyl sites for hydroxylation is 3. The number of hydrogen-bond acceptors (Lipinski definition) is 3. The number of halogens is 1. The highest BCUT2D eigenvalue weighted by molar-refractivity contribution is 9.10. The van der Waals surface area contributed by atoms with Crippen molar-refractivity contribution in [2.24, 2.45) is 7.05 Å². The molecule has 112 valence electrons. The van der Waals surface area contributed by atoms with Crippen LogP contribution < -0.4 is 11.1 Å². The van der Waals surface area contributed by atoms with Crippen LogP contribution in [-0.2, 0) is 19.9 Å². The Hall–Kier alpha value is -1.82. The van der Waals surface area contributed by atoms with Gasteiger partial charge >= 0.3 is 0 Å². The van der Waals surface area contributed by atoms with E-state index in [1.807, 2.05) is 32.0 Å². The number of amides is 1. The van der Waals surface area contributed by atoms with Gasteiger partial charge in [0.1, 0.15) is 5.69 Å². The SMILES string of the molecule is CCc1cc(Br)ccc1NC(=O)c1c(N)c(CC)nn1C. The number of carbonyl (C=O) groups excluding carboxylic acids is 1. The molecule has 0 spiro atoms. The number of nitrogens with one attached hydrogen (secondary N) is 1. The second-order valence-corrected chi connectivity index (χ2v) is 5.71. The third-order valence-electron chi connectivity index (χ3n) is 3.41. The molecule has 21 heavy (non-hydrogen) atoms. The summed E-state index contributed by atoms with van der Waals surface area (Å²) in [5, 5.41) is 7.19. The van der Waals surface area contributed by atoms with Crippen molar-refractivity contribution in [2.45, 2.75) is 26.7 Å². The Labute approximate surface area is 132 Å². The number of aromatic nitrogens is 2. The maximum atomic E-state index is 12.5. The number of nitrogens with zero attached hydrogens (tertiary/aromatic N) is 2. The van der Waals surface area contributed by atoms with E-state index < -0.39 is 0 Å². The summed E-state index contributed by atoms with van der Waals surface area (Å²) in [5.41, 5.74) is 9.47. The van der Waals surface area contributed by atoms with Gasteiger partial charge in [-0.15, -0.1) is 0 Å². The van der Waals surface area contributed by atoms with E-state index in [4.69, 9.17) is 5.73 Å². The van der Waals surface area contributed by atoms with Crippen LogP contribution >= 0.6 is 15.9 Å². The van der Waals surface area contributed by atoms with Crippen molar-refractivity contribution < 1.29 is 4.79 Å². The van der Waals surface area contributed by atoms with Gasteiger partial charge in [-0.1, -0.05) is 29.8 Å². The summed E-state index contributed by atoms with van der Waals surface area (Å²) < 4.78 is 2.53. The summed E-state index contributed by atoms with van der Waals surface area (Å²) >= 11 is 3.44. The third-order valence-corrected chi connectivity index (χ3v) is 3.90. The summed E-state index contributed by atoms with van der Waals surface area (Å²) in [6.45, 7) is 4.01. The number of nitrogen functional groups attached to an aromatic ring is 1. The topological polar surface area (TPSA) is 72.9 Å². The van der Waals surface area contributed by atoms with Gasteiger partial charge in [0.2, 0.25) is 0 Å². The van der Waals surface area contributed by atoms with Crippen LogP contribution in [0.15, 0.2) is 22.7 Å². The normalized spacial score (nSPS) is 10.7. The van der Waals surface area contributed by atoms with Crippen molar-refractivity contribution in [3.8, 4) is 0 Å². The zero-order valence-electron chi connectivity index (χ0n) is 12.4. The fourth-order valence-electron chi connectivity index (χ4n) is 2.28. The summed E-state index contributed by atoms with van der Waals surface area (Å²) in [6.07, 6.45) is 1.53. The van der Waals surface area contributed by atoms with Crippen molar-refractivity contribution in [3.05, 3.63) is 39.6 Å². The second kappa shape index (κ2) is 6.30. The first-order chi connectivity index (χ1) is 9.97. The van der Waals surface area contributed by atoms with Gasteiger partial charge in [0.05, 0.1) is 11.4 Å². The first-order valence-electron chi connectivity index (χ1n) is 6.89. The Morgan fingerprint density at radius 1 is 1.38 bits per heavy atom. The van der Waals surface area contributed by atoms with Crippen molar-refractivity contribution in [1.82, 2.24) is 9.78 Å². The maximum absolute atomic E-state index is 12.5. The van der Waals surface area contributed by atoms with Gasteiger partial charge in [0.25, 0.3) is 5.91 Å². The molecule has 0 aliphatic heterocycles. The summed E-state index contributed by atoms with van der Waals surface area (Å²) in [4.78, 5) is 12.5. The molecule has 1 aromatic carbocycles. The Balaban J connectivity index is 2.32. The van der Waals surface area contributed by atoms with Gasteiger partial charge in [0, 0.05) is 17.2 Å². The lowest BCUT2D eigenvalue weighted by molar-refractivity contribution is 0.101. The van der Waals surface area contributed by atoms with Crippen LogP contribution in [-0.4, -0.2) is 15.7 Å². The first kappa shape index (κ1) is 15.6. The first-order valence-corrected chi connectivity index (χ1v) is 7.68. The van der Waals surface area contributed by atoms with Crippen LogP contribution in [0.5, 0.6) is 0 Å². The molecule has 0 bridgehead atoms. The summed E-state index contributed by atoms with van der Waals surface area (Å²) in [5.74, 6) is -0.237. The molecule has 1 heterocycles. The molecule has 3 N–H and O–H groups in total. The number of nitrogens with two attached hydrogens (primary N) is 1. The van der Waals surface area contributed by atoms with Gasteiger partial charge in [-0.05, 0) is 36.6 Å². The van der Waals surface area contributed by atoms with Crippen LogP contribution in [0.3, 0.4) is 0 Å². The number of benzene rings is 1. The van der Waals surface area contributed by atoms with E-state index in [1.54, 1.807) is 7.05 Å². The highest BCUT2D eigenvalue weighted by Crippen LogP contribution is 2.24. The maximum Gasteiger partial charge on any atom is 0.276 e. The molecule has 5 nitrogen and oxygen atoms in total. The lowest BCUT2D eigenvalue weighted by Crippen LogP contribution is -2.18. The number of rotatable bonds is 4. The highest BCUT2D eigenvalue weighted by Gasteiger charge is 2.19. The molecule has 0 aliphatic rings. The van der Waals surface area contributed by atoms with E-state index in [2.05, 4.69) is 26.3 Å². The van der Waals surface area contributed by atoms with E-state index in [1.165, 1.54) is 4.68 Å². The quantitative estimate of drug-likeness (QED) is 0.889. The molecule has 1 aromatic heterocycles. The molecule has 0 radical (unpaired) electrons. The predicted octanol–water partition coefficient (Wildman–Crippen LogP) is 3.14. The predicted molar refractivity (Wildman–Crippen MR) is 88.5 cm³/mol. The Kier molecular flexibility index (Phi) is 4.67. The number of hydrogen-bond donors (Lipinski definition) is 2. The van der Waals surface area contributed by atoms with Gasteiger partial charge in [-0.25, -0.2) is 0 Å². The Morgan fingerprint density at radius 3 is 2.67 bits per heavy atom. The average Bonchev–Trinajstić information content (AvgIpc) is 2.75. The fourth-order valence-corrected chi connectivity index (χ4v) is 2.69.